The Kier molecular flexibility index (Phi) is 4.59. The highest BCUT2D eigenvalue weighted by molar-refractivity contribution is 5.94. The van der Waals surface area contributed by atoms with Crippen LogP contribution in [0.15, 0.2) is 18.2 Å². The normalized spacial score (nSPS) is 22.2. The predicted octanol–water partition coefficient (Wildman–Crippen LogP) is 1.12. The molecule has 2 fully saturated rings. The van der Waals surface area contributed by atoms with Crippen LogP contribution in [0.5, 0.6) is 0 Å². The van der Waals surface area contributed by atoms with Crippen LogP contribution >= 0.6 is 0 Å². The highest BCUT2D eigenvalue weighted by Crippen LogP contribution is 2.24. The summed E-state index contributed by atoms with van der Waals surface area (Å²) in [6.45, 7) is 3.77. The molecule has 6 heteroatoms. The van der Waals surface area contributed by atoms with Crippen molar-refractivity contribution in [3.8, 4) is 0 Å². The molecule has 22 heavy (non-hydrogen) atoms. The number of rotatable bonds is 3. The molecule has 1 N–H and O–H groups in total. The fourth-order valence-electron chi connectivity index (χ4n) is 3.05. The van der Waals surface area contributed by atoms with Crippen LogP contribution in [-0.4, -0.2) is 61.9 Å². The molecule has 3 rings (SSSR count). The number of hydrogen-bond acceptors (Lipinski definition) is 4. The van der Waals surface area contributed by atoms with Crippen molar-refractivity contribution in [2.75, 3.05) is 50.9 Å². The molecule has 120 valence electrons. The zero-order valence-electron chi connectivity index (χ0n) is 12.5. The number of hydrogen-bond donors (Lipinski definition) is 1. The van der Waals surface area contributed by atoms with Crippen LogP contribution < -0.4 is 4.90 Å². The van der Waals surface area contributed by atoms with E-state index in [1.165, 1.54) is 6.07 Å². The molecule has 5 nitrogen and oxygen atoms in total. The molecule has 0 radical (unpaired) electrons. The summed E-state index contributed by atoms with van der Waals surface area (Å²) in [5.74, 6) is -0.393. The quantitative estimate of drug-likeness (QED) is 0.909. The van der Waals surface area contributed by atoms with Crippen LogP contribution in [0.25, 0.3) is 0 Å². The molecule has 1 aromatic carbocycles. The van der Waals surface area contributed by atoms with Crippen LogP contribution in [0.4, 0.5) is 10.1 Å². The Balaban J connectivity index is 1.72. The highest BCUT2D eigenvalue weighted by atomic mass is 19.1. The third-order valence-corrected chi connectivity index (χ3v) is 4.38. The topological polar surface area (TPSA) is 53.0 Å². The number of ether oxygens (including phenoxy) is 1. The molecule has 1 atom stereocenters. The minimum absolute atomic E-state index is 0.0914. The van der Waals surface area contributed by atoms with Gasteiger partial charge in [-0.05, 0) is 24.6 Å². The summed E-state index contributed by atoms with van der Waals surface area (Å²) >= 11 is 0. The van der Waals surface area contributed by atoms with Gasteiger partial charge < -0.3 is 19.6 Å². The molecule has 2 aliphatic rings. The molecule has 0 aromatic heterocycles. The van der Waals surface area contributed by atoms with E-state index in [-0.39, 0.29) is 24.2 Å². The van der Waals surface area contributed by atoms with Gasteiger partial charge in [0.2, 0.25) is 0 Å². The van der Waals surface area contributed by atoms with Crippen molar-refractivity contribution in [1.29, 1.82) is 0 Å². The van der Waals surface area contributed by atoms with Crippen molar-refractivity contribution in [2.45, 2.75) is 6.42 Å². The first-order chi connectivity index (χ1) is 10.7. The molecule has 2 saturated heterocycles. The second kappa shape index (κ2) is 6.62. The zero-order chi connectivity index (χ0) is 15.5. The van der Waals surface area contributed by atoms with Gasteiger partial charge in [-0.2, -0.15) is 0 Å². The number of nitrogens with zero attached hydrogens (tertiary/aromatic N) is 2. The van der Waals surface area contributed by atoms with E-state index < -0.39 is 0 Å². The summed E-state index contributed by atoms with van der Waals surface area (Å²) in [4.78, 5) is 16.0. The van der Waals surface area contributed by atoms with Crippen molar-refractivity contribution in [2.24, 2.45) is 5.92 Å². The lowest BCUT2D eigenvalue weighted by molar-refractivity contribution is 0.0781. The SMILES string of the molecule is O=C(c1ccc(N2CCOCC2)c(F)c1)N1CCC(CO)C1. The number of likely N-dealkylation sites (tertiary alicyclic amines) is 1. The van der Waals surface area contributed by atoms with Crippen molar-refractivity contribution in [3.63, 3.8) is 0 Å². The zero-order valence-corrected chi connectivity index (χ0v) is 12.5. The summed E-state index contributed by atoms with van der Waals surface area (Å²) in [5.41, 5.74) is 0.891. The number of anilines is 1. The lowest BCUT2D eigenvalue weighted by atomic mass is 10.1. The van der Waals surface area contributed by atoms with E-state index in [4.69, 9.17) is 9.84 Å². The number of halogens is 1. The maximum Gasteiger partial charge on any atom is 0.253 e. The predicted molar refractivity (Wildman–Crippen MR) is 80.5 cm³/mol. The van der Waals surface area contributed by atoms with Gasteiger partial charge in [0.25, 0.3) is 5.91 Å². The molecule has 0 saturated carbocycles. The van der Waals surface area contributed by atoms with E-state index in [9.17, 15) is 9.18 Å². The van der Waals surface area contributed by atoms with E-state index in [0.29, 0.717) is 50.6 Å². The van der Waals surface area contributed by atoms with Crippen LogP contribution in [0.3, 0.4) is 0 Å². The fourth-order valence-corrected chi connectivity index (χ4v) is 3.05. The second-order valence-corrected chi connectivity index (χ2v) is 5.85. The Morgan fingerprint density at radius 1 is 1.32 bits per heavy atom. The van der Waals surface area contributed by atoms with E-state index in [1.807, 2.05) is 4.90 Å². The van der Waals surface area contributed by atoms with Gasteiger partial charge >= 0.3 is 0 Å². The van der Waals surface area contributed by atoms with Gasteiger partial charge in [0.15, 0.2) is 0 Å². The van der Waals surface area contributed by atoms with Crippen molar-refractivity contribution in [1.82, 2.24) is 4.90 Å². The molecular weight excluding hydrogens is 287 g/mol. The standard InChI is InChI=1S/C16H21FN2O3/c17-14-9-13(16(21)19-4-3-12(10-19)11-20)1-2-15(14)18-5-7-22-8-6-18/h1-2,9,12,20H,3-8,10-11H2. The summed E-state index contributed by atoms with van der Waals surface area (Å²) < 4.78 is 19.6. The molecule has 0 bridgehead atoms. The summed E-state index contributed by atoms with van der Waals surface area (Å²) in [6.07, 6.45) is 0.802. The Hall–Kier alpha value is -1.66. The van der Waals surface area contributed by atoms with Gasteiger partial charge in [-0.1, -0.05) is 0 Å². The number of amides is 1. The number of benzene rings is 1. The average molecular weight is 308 g/mol. The highest BCUT2D eigenvalue weighted by Gasteiger charge is 2.27. The minimum atomic E-state index is -0.370. The number of morpholine rings is 1. The van der Waals surface area contributed by atoms with Gasteiger partial charge in [-0.3, -0.25) is 4.79 Å². The Morgan fingerprint density at radius 2 is 2.09 bits per heavy atom. The summed E-state index contributed by atoms with van der Waals surface area (Å²) in [5, 5.41) is 9.15. The third-order valence-electron chi connectivity index (χ3n) is 4.38. The van der Waals surface area contributed by atoms with Gasteiger partial charge in [-0.25, -0.2) is 4.39 Å². The molecule has 2 heterocycles. The first-order valence-corrected chi connectivity index (χ1v) is 7.71. The number of carbonyl (C=O) groups is 1. The van der Waals surface area contributed by atoms with Crippen molar-refractivity contribution in [3.05, 3.63) is 29.6 Å². The van der Waals surface area contributed by atoms with E-state index >= 15 is 0 Å². The van der Waals surface area contributed by atoms with Crippen LogP contribution in [0, 0.1) is 11.7 Å². The number of carbonyl (C=O) groups excluding carboxylic acids is 1. The average Bonchev–Trinajstić information content (AvgIpc) is 3.04. The van der Waals surface area contributed by atoms with Crippen LogP contribution in [0.2, 0.25) is 0 Å². The van der Waals surface area contributed by atoms with Crippen LogP contribution in [0.1, 0.15) is 16.8 Å². The third kappa shape index (κ3) is 3.08. The van der Waals surface area contributed by atoms with Gasteiger partial charge in [0.05, 0.1) is 18.9 Å². The molecule has 0 aliphatic carbocycles. The minimum Gasteiger partial charge on any atom is -0.396 e. The van der Waals surface area contributed by atoms with E-state index in [0.717, 1.165) is 6.42 Å². The fraction of sp³-hybridized carbons (Fsp3) is 0.562. The van der Waals surface area contributed by atoms with Gasteiger partial charge in [-0.15, -0.1) is 0 Å². The Labute approximate surface area is 129 Å². The number of aliphatic hydroxyl groups excluding tert-OH is 1. The van der Waals surface area contributed by atoms with E-state index in [2.05, 4.69) is 0 Å². The smallest absolute Gasteiger partial charge is 0.253 e. The molecule has 2 aliphatic heterocycles. The van der Waals surface area contributed by atoms with Gasteiger partial charge in [0.1, 0.15) is 5.82 Å². The first-order valence-electron chi connectivity index (χ1n) is 7.71. The Bertz CT molecular complexity index is 546. The lowest BCUT2D eigenvalue weighted by Gasteiger charge is -2.29. The monoisotopic (exact) mass is 308 g/mol. The van der Waals surface area contributed by atoms with E-state index in [1.54, 1.807) is 17.0 Å². The summed E-state index contributed by atoms with van der Waals surface area (Å²) in [7, 11) is 0. The largest absolute Gasteiger partial charge is 0.396 e. The van der Waals surface area contributed by atoms with Gasteiger partial charge in [0, 0.05) is 44.3 Å². The molecule has 1 amide bonds. The molecule has 0 spiro atoms. The molecule has 1 aromatic rings. The maximum atomic E-state index is 14.3. The number of aliphatic hydroxyl groups is 1. The van der Waals surface area contributed by atoms with Crippen molar-refractivity contribution < 1.29 is 19.0 Å². The van der Waals surface area contributed by atoms with Crippen molar-refractivity contribution >= 4 is 11.6 Å². The Morgan fingerprint density at radius 3 is 2.73 bits per heavy atom. The summed E-state index contributed by atoms with van der Waals surface area (Å²) in [6, 6.07) is 4.68. The maximum absolute atomic E-state index is 14.3. The second-order valence-electron chi connectivity index (χ2n) is 5.85. The molecular formula is C16H21FN2O3. The first kappa shape index (κ1) is 15.2. The van der Waals surface area contributed by atoms with Crippen LogP contribution in [-0.2, 0) is 4.74 Å². The lowest BCUT2D eigenvalue weighted by Crippen LogP contribution is -2.36. The molecule has 1 unspecified atom stereocenters.